The Kier molecular flexibility index (Phi) is 5.15. The van der Waals surface area contributed by atoms with E-state index in [1.165, 1.54) is 18.2 Å². The molecule has 150 valence electrons. The largest absolute Gasteiger partial charge is 0.457 e. The Balaban J connectivity index is 1.69. The lowest BCUT2D eigenvalue weighted by Crippen LogP contribution is -2.54. The van der Waals surface area contributed by atoms with Crippen molar-refractivity contribution in [1.29, 1.82) is 0 Å². The van der Waals surface area contributed by atoms with Crippen LogP contribution in [0.15, 0.2) is 64.6 Å². The van der Waals surface area contributed by atoms with Gasteiger partial charge in [0.15, 0.2) is 0 Å². The molecular formula is C21H11Cl2FN2O4. The third-order valence-electron chi connectivity index (χ3n) is 4.32. The summed E-state index contributed by atoms with van der Waals surface area (Å²) in [6.07, 6.45) is 1.21. The van der Waals surface area contributed by atoms with Gasteiger partial charge >= 0.3 is 6.03 Å². The summed E-state index contributed by atoms with van der Waals surface area (Å²) in [4.78, 5) is 38.0. The highest BCUT2D eigenvalue weighted by Gasteiger charge is 2.37. The highest BCUT2D eigenvalue weighted by molar-refractivity contribution is 6.43. The fraction of sp³-hybridized carbons (Fsp3) is 0. The Morgan fingerprint density at radius 3 is 2.43 bits per heavy atom. The number of nitrogens with zero attached hydrogens (tertiary/aromatic N) is 1. The molecule has 0 unspecified atom stereocenters. The number of hydrogen-bond donors (Lipinski definition) is 1. The molecule has 30 heavy (non-hydrogen) atoms. The van der Waals surface area contributed by atoms with Crippen LogP contribution in [0.25, 0.3) is 17.4 Å². The molecule has 0 saturated carbocycles. The zero-order chi connectivity index (χ0) is 21.4. The van der Waals surface area contributed by atoms with Gasteiger partial charge in [-0.15, -0.1) is 0 Å². The lowest BCUT2D eigenvalue weighted by atomic mass is 10.1. The molecule has 1 saturated heterocycles. The molecule has 0 radical (unpaired) electrons. The molecule has 1 N–H and O–H groups in total. The van der Waals surface area contributed by atoms with E-state index in [2.05, 4.69) is 5.32 Å². The number of benzene rings is 2. The van der Waals surface area contributed by atoms with E-state index in [-0.39, 0.29) is 17.0 Å². The standard InChI is InChI=1S/C21H11Cl2FN2O4/c22-16-3-1-2-14(18(16)23)17-9-8-13(30-17)10-15-19(27)25-21(29)26(20(15)28)12-6-4-11(24)5-7-12/h1-10H,(H,25,27,29)/b15-10-. The first-order chi connectivity index (χ1) is 14.3. The summed E-state index contributed by atoms with van der Waals surface area (Å²) in [5.41, 5.74) is 0.330. The van der Waals surface area contributed by atoms with E-state index in [0.29, 0.717) is 21.4 Å². The van der Waals surface area contributed by atoms with Gasteiger partial charge in [0.25, 0.3) is 11.8 Å². The monoisotopic (exact) mass is 444 g/mol. The van der Waals surface area contributed by atoms with Crippen molar-refractivity contribution in [2.24, 2.45) is 0 Å². The zero-order valence-electron chi connectivity index (χ0n) is 15.0. The van der Waals surface area contributed by atoms with Crippen LogP contribution in [0, 0.1) is 5.82 Å². The van der Waals surface area contributed by atoms with Gasteiger partial charge in [-0.1, -0.05) is 29.3 Å². The van der Waals surface area contributed by atoms with E-state index in [1.54, 1.807) is 30.3 Å². The Labute approximate surface area is 179 Å². The highest BCUT2D eigenvalue weighted by Crippen LogP contribution is 2.34. The van der Waals surface area contributed by atoms with Crippen molar-refractivity contribution in [2.45, 2.75) is 0 Å². The number of hydrogen-bond acceptors (Lipinski definition) is 4. The minimum Gasteiger partial charge on any atom is -0.457 e. The van der Waals surface area contributed by atoms with Crippen LogP contribution < -0.4 is 10.2 Å². The van der Waals surface area contributed by atoms with E-state index in [9.17, 15) is 18.8 Å². The number of nitrogens with one attached hydrogen (secondary N) is 1. The average Bonchev–Trinajstić information content (AvgIpc) is 3.17. The molecule has 4 amide bonds. The second-order valence-electron chi connectivity index (χ2n) is 6.24. The van der Waals surface area contributed by atoms with Crippen LogP contribution >= 0.6 is 23.2 Å². The van der Waals surface area contributed by atoms with Gasteiger partial charge < -0.3 is 4.42 Å². The van der Waals surface area contributed by atoms with Crippen LogP contribution in [-0.2, 0) is 9.59 Å². The first-order valence-electron chi connectivity index (χ1n) is 8.56. The Morgan fingerprint density at radius 1 is 0.967 bits per heavy atom. The maximum Gasteiger partial charge on any atom is 0.335 e. The molecule has 0 spiro atoms. The lowest BCUT2D eigenvalue weighted by Gasteiger charge is -2.26. The number of anilines is 1. The molecule has 2 aromatic carbocycles. The summed E-state index contributed by atoms with van der Waals surface area (Å²) in [6, 6.07) is 12.0. The van der Waals surface area contributed by atoms with E-state index in [1.807, 2.05) is 0 Å². The summed E-state index contributed by atoms with van der Waals surface area (Å²) in [7, 11) is 0. The number of halogens is 3. The predicted molar refractivity (Wildman–Crippen MR) is 110 cm³/mol. The van der Waals surface area contributed by atoms with Crippen molar-refractivity contribution < 1.29 is 23.2 Å². The molecule has 2 heterocycles. The Bertz CT molecular complexity index is 1220. The summed E-state index contributed by atoms with van der Waals surface area (Å²) in [6.45, 7) is 0. The number of carbonyl (C=O) groups excluding carboxylic acids is 3. The zero-order valence-corrected chi connectivity index (χ0v) is 16.5. The number of furan rings is 1. The fourth-order valence-corrected chi connectivity index (χ4v) is 3.29. The van der Waals surface area contributed by atoms with Gasteiger partial charge in [0.05, 0.1) is 15.7 Å². The normalized spacial score (nSPS) is 15.6. The van der Waals surface area contributed by atoms with E-state index in [4.69, 9.17) is 27.6 Å². The number of barbiturate groups is 1. The van der Waals surface area contributed by atoms with E-state index >= 15 is 0 Å². The second kappa shape index (κ2) is 7.78. The van der Waals surface area contributed by atoms with Crippen molar-refractivity contribution in [1.82, 2.24) is 5.32 Å². The van der Waals surface area contributed by atoms with Crippen LogP contribution in [0.5, 0.6) is 0 Å². The molecule has 6 nitrogen and oxygen atoms in total. The number of urea groups is 1. The molecule has 0 aliphatic carbocycles. The minimum absolute atomic E-state index is 0.114. The molecule has 4 rings (SSSR count). The van der Waals surface area contributed by atoms with Crippen LogP contribution in [0.1, 0.15) is 5.76 Å². The van der Waals surface area contributed by atoms with Gasteiger partial charge in [0, 0.05) is 5.56 Å². The predicted octanol–water partition coefficient (Wildman–Crippen LogP) is 5.06. The molecule has 1 fully saturated rings. The average molecular weight is 445 g/mol. The molecule has 1 aromatic heterocycles. The quantitative estimate of drug-likeness (QED) is 0.452. The molecule has 1 aliphatic rings. The van der Waals surface area contributed by atoms with Crippen LogP contribution in [0.3, 0.4) is 0 Å². The van der Waals surface area contributed by atoms with Gasteiger partial charge in [-0.25, -0.2) is 14.1 Å². The molecule has 9 heteroatoms. The van der Waals surface area contributed by atoms with Gasteiger partial charge in [0.1, 0.15) is 22.9 Å². The van der Waals surface area contributed by atoms with Gasteiger partial charge in [-0.05, 0) is 54.6 Å². The number of imide groups is 2. The number of carbonyl (C=O) groups is 3. The smallest absolute Gasteiger partial charge is 0.335 e. The fourth-order valence-electron chi connectivity index (χ4n) is 2.89. The molecule has 0 bridgehead atoms. The van der Waals surface area contributed by atoms with E-state index in [0.717, 1.165) is 17.0 Å². The number of rotatable bonds is 3. The Morgan fingerprint density at radius 2 is 1.70 bits per heavy atom. The number of amides is 4. The van der Waals surface area contributed by atoms with Crippen LogP contribution in [0.2, 0.25) is 10.0 Å². The van der Waals surface area contributed by atoms with Gasteiger partial charge in [-0.3, -0.25) is 14.9 Å². The first-order valence-corrected chi connectivity index (χ1v) is 9.32. The summed E-state index contributed by atoms with van der Waals surface area (Å²) >= 11 is 12.2. The minimum atomic E-state index is -0.931. The maximum absolute atomic E-state index is 13.2. The van der Waals surface area contributed by atoms with Crippen LogP contribution in [0.4, 0.5) is 14.9 Å². The summed E-state index contributed by atoms with van der Waals surface area (Å²) in [5.74, 6) is -1.70. The third kappa shape index (κ3) is 3.60. The van der Waals surface area contributed by atoms with Crippen molar-refractivity contribution in [3.8, 4) is 11.3 Å². The van der Waals surface area contributed by atoms with Crippen molar-refractivity contribution >= 4 is 52.8 Å². The molecule has 1 aliphatic heterocycles. The highest BCUT2D eigenvalue weighted by atomic mass is 35.5. The molecule has 3 aromatic rings. The maximum atomic E-state index is 13.2. The third-order valence-corrected chi connectivity index (χ3v) is 5.14. The topological polar surface area (TPSA) is 79.6 Å². The Hall–Kier alpha value is -3.42. The van der Waals surface area contributed by atoms with Crippen LogP contribution in [-0.4, -0.2) is 17.8 Å². The first kappa shape index (κ1) is 19.9. The molecular weight excluding hydrogens is 434 g/mol. The summed E-state index contributed by atoms with van der Waals surface area (Å²) < 4.78 is 18.9. The van der Waals surface area contributed by atoms with Gasteiger partial charge in [0.2, 0.25) is 0 Å². The van der Waals surface area contributed by atoms with Crippen molar-refractivity contribution in [3.05, 3.63) is 81.8 Å². The SMILES string of the molecule is O=C1NC(=O)N(c2ccc(F)cc2)C(=O)/C1=C\c1ccc(-c2cccc(Cl)c2Cl)o1. The summed E-state index contributed by atoms with van der Waals surface area (Å²) in [5, 5.41) is 2.73. The second-order valence-corrected chi connectivity index (χ2v) is 7.02. The van der Waals surface area contributed by atoms with Gasteiger partial charge in [-0.2, -0.15) is 0 Å². The van der Waals surface area contributed by atoms with Crippen molar-refractivity contribution in [3.63, 3.8) is 0 Å². The van der Waals surface area contributed by atoms with E-state index < -0.39 is 23.7 Å². The lowest BCUT2D eigenvalue weighted by molar-refractivity contribution is -0.122. The van der Waals surface area contributed by atoms with Crippen molar-refractivity contribution in [2.75, 3.05) is 4.90 Å². The molecule has 0 atom stereocenters.